The van der Waals surface area contributed by atoms with Crippen LogP contribution >= 0.6 is 15.9 Å². The Balaban J connectivity index is 2.59. The molecule has 1 aliphatic rings. The normalized spacial score (nSPS) is 26.4. The lowest BCUT2D eigenvalue weighted by molar-refractivity contribution is -0.146. The van der Waals surface area contributed by atoms with Crippen LogP contribution in [0, 0.1) is 11.8 Å². The van der Waals surface area contributed by atoms with E-state index in [0.717, 1.165) is 0 Å². The number of carbonyl (C=O) groups excluding carboxylic acids is 2. The number of esters is 1. The molecular formula is C9H14BrNO3. The van der Waals surface area contributed by atoms with Gasteiger partial charge in [-0.1, -0.05) is 22.9 Å². The zero-order chi connectivity index (χ0) is 10.7. The van der Waals surface area contributed by atoms with Gasteiger partial charge in [-0.15, -0.1) is 0 Å². The smallest absolute Gasteiger partial charge is 0.310 e. The highest BCUT2D eigenvalue weighted by Gasteiger charge is 2.37. The van der Waals surface area contributed by atoms with E-state index in [4.69, 9.17) is 0 Å². The van der Waals surface area contributed by atoms with Gasteiger partial charge in [0.1, 0.15) is 0 Å². The molecule has 0 aromatic carbocycles. The van der Waals surface area contributed by atoms with Gasteiger partial charge in [-0.25, -0.2) is 0 Å². The number of ether oxygens (including phenoxy) is 1. The summed E-state index contributed by atoms with van der Waals surface area (Å²) in [4.78, 5) is 24.3. The van der Waals surface area contributed by atoms with Crippen molar-refractivity contribution in [2.75, 3.05) is 25.5 Å². The summed E-state index contributed by atoms with van der Waals surface area (Å²) in [6.07, 6.45) is 0. The first-order valence-electron chi connectivity index (χ1n) is 4.51. The first kappa shape index (κ1) is 11.5. The highest BCUT2D eigenvalue weighted by molar-refractivity contribution is 9.09. The monoisotopic (exact) mass is 263 g/mol. The maximum Gasteiger partial charge on any atom is 0.310 e. The Morgan fingerprint density at radius 2 is 2.14 bits per heavy atom. The standard InChI is InChI=1S/C9H14BrNO3/c1-6-4-11(8(12)3-10)5-7(6)9(13)14-2/h6-7H,3-5H2,1-2H3. The lowest BCUT2D eigenvalue weighted by atomic mass is 9.99. The van der Waals surface area contributed by atoms with Crippen LogP contribution in [0.25, 0.3) is 0 Å². The molecule has 14 heavy (non-hydrogen) atoms. The van der Waals surface area contributed by atoms with Crippen molar-refractivity contribution >= 4 is 27.8 Å². The molecule has 80 valence electrons. The van der Waals surface area contributed by atoms with E-state index in [9.17, 15) is 9.59 Å². The van der Waals surface area contributed by atoms with Gasteiger partial charge in [0.15, 0.2) is 0 Å². The van der Waals surface area contributed by atoms with Gasteiger partial charge >= 0.3 is 5.97 Å². The molecule has 1 aliphatic heterocycles. The molecule has 0 radical (unpaired) electrons. The molecule has 0 spiro atoms. The quantitative estimate of drug-likeness (QED) is 0.543. The molecule has 1 saturated heterocycles. The van der Waals surface area contributed by atoms with Crippen LogP contribution in [0.5, 0.6) is 0 Å². The summed E-state index contributed by atoms with van der Waals surface area (Å²) < 4.78 is 4.68. The van der Waals surface area contributed by atoms with Crippen LogP contribution in [-0.4, -0.2) is 42.3 Å². The Morgan fingerprint density at radius 3 is 2.64 bits per heavy atom. The first-order valence-corrected chi connectivity index (χ1v) is 5.63. The van der Waals surface area contributed by atoms with Crippen LogP contribution in [0.3, 0.4) is 0 Å². The summed E-state index contributed by atoms with van der Waals surface area (Å²) >= 11 is 3.11. The van der Waals surface area contributed by atoms with Gasteiger partial charge in [-0.05, 0) is 5.92 Å². The minimum Gasteiger partial charge on any atom is -0.469 e. The summed E-state index contributed by atoms with van der Waals surface area (Å²) in [7, 11) is 1.38. The molecule has 1 heterocycles. The summed E-state index contributed by atoms with van der Waals surface area (Å²) in [6, 6.07) is 0. The van der Waals surface area contributed by atoms with Crippen molar-refractivity contribution in [1.29, 1.82) is 0 Å². The Hall–Kier alpha value is -0.580. The molecule has 2 atom stereocenters. The predicted molar refractivity (Wildman–Crippen MR) is 55.0 cm³/mol. The Kier molecular flexibility index (Phi) is 3.92. The molecule has 0 saturated carbocycles. The maximum atomic E-state index is 11.3. The zero-order valence-electron chi connectivity index (χ0n) is 8.33. The van der Waals surface area contributed by atoms with Gasteiger partial charge in [0.25, 0.3) is 0 Å². The number of alkyl halides is 1. The molecule has 1 rings (SSSR count). The molecule has 0 N–H and O–H groups in total. The van der Waals surface area contributed by atoms with Crippen molar-refractivity contribution in [3.8, 4) is 0 Å². The fraction of sp³-hybridized carbons (Fsp3) is 0.778. The van der Waals surface area contributed by atoms with Crippen LogP contribution in [0.2, 0.25) is 0 Å². The van der Waals surface area contributed by atoms with Gasteiger partial charge in [0.2, 0.25) is 5.91 Å². The maximum absolute atomic E-state index is 11.3. The summed E-state index contributed by atoms with van der Waals surface area (Å²) in [5.41, 5.74) is 0. The molecule has 1 fully saturated rings. The second-order valence-electron chi connectivity index (χ2n) is 3.54. The number of methoxy groups -OCH3 is 1. The molecule has 2 unspecified atom stereocenters. The Morgan fingerprint density at radius 1 is 1.50 bits per heavy atom. The number of hydrogen-bond acceptors (Lipinski definition) is 3. The lowest BCUT2D eigenvalue weighted by Gasteiger charge is -2.13. The fourth-order valence-corrected chi connectivity index (χ4v) is 2.07. The Bertz CT molecular complexity index is 244. The van der Waals surface area contributed by atoms with Crippen molar-refractivity contribution < 1.29 is 14.3 Å². The summed E-state index contributed by atoms with van der Waals surface area (Å²) in [6.45, 7) is 3.09. The van der Waals surface area contributed by atoms with Gasteiger partial charge < -0.3 is 9.64 Å². The number of halogens is 1. The molecule has 0 aliphatic carbocycles. The van der Waals surface area contributed by atoms with Gasteiger partial charge in [0.05, 0.1) is 18.4 Å². The summed E-state index contributed by atoms with van der Waals surface area (Å²) in [5, 5.41) is 0.313. The fourth-order valence-electron chi connectivity index (χ4n) is 1.71. The third-order valence-corrected chi connectivity index (χ3v) is 3.06. The first-order chi connectivity index (χ1) is 6.60. The van der Waals surface area contributed by atoms with Crippen LogP contribution < -0.4 is 0 Å². The molecule has 1 amide bonds. The van der Waals surface area contributed by atoms with Gasteiger partial charge in [-0.3, -0.25) is 9.59 Å². The van der Waals surface area contributed by atoms with Gasteiger partial charge in [0, 0.05) is 13.1 Å². The van der Waals surface area contributed by atoms with E-state index in [1.807, 2.05) is 6.92 Å². The SMILES string of the molecule is COC(=O)C1CN(C(=O)CBr)CC1C. The number of nitrogens with zero attached hydrogens (tertiary/aromatic N) is 1. The van der Waals surface area contributed by atoms with Crippen molar-refractivity contribution in [3.05, 3.63) is 0 Å². The topological polar surface area (TPSA) is 46.6 Å². The highest BCUT2D eigenvalue weighted by atomic mass is 79.9. The third-order valence-electron chi connectivity index (χ3n) is 2.58. The van der Waals surface area contributed by atoms with Crippen LogP contribution in [-0.2, 0) is 14.3 Å². The van der Waals surface area contributed by atoms with E-state index in [1.165, 1.54) is 7.11 Å². The van der Waals surface area contributed by atoms with E-state index >= 15 is 0 Å². The minimum absolute atomic E-state index is 0.0308. The van der Waals surface area contributed by atoms with Crippen molar-refractivity contribution in [1.82, 2.24) is 4.90 Å². The van der Waals surface area contributed by atoms with Crippen molar-refractivity contribution in [3.63, 3.8) is 0 Å². The van der Waals surface area contributed by atoms with E-state index in [-0.39, 0.29) is 23.7 Å². The minimum atomic E-state index is -0.220. The molecule has 5 heteroatoms. The van der Waals surface area contributed by atoms with E-state index in [1.54, 1.807) is 4.90 Å². The van der Waals surface area contributed by atoms with Crippen molar-refractivity contribution in [2.24, 2.45) is 11.8 Å². The number of amides is 1. The number of carbonyl (C=O) groups is 2. The van der Waals surface area contributed by atoms with E-state index in [0.29, 0.717) is 18.4 Å². The summed E-state index contributed by atoms with van der Waals surface area (Å²) in [5.74, 6) is -0.168. The highest BCUT2D eigenvalue weighted by Crippen LogP contribution is 2.24. The Labute approximate surface area is 91.7 Å². The number of hydrogen-bond donors (Lipinski definition) is 0. The van der Waals surface area contributed by atoms with Crippen molar-refractivity contribution in [2.45, 2.75) is 6.92 Å². The molecule has 4 nitrogen and oxygen atoms in total. The van der Waals surface area contributed by atoms with E-state index < -0.39 is 0 Å². The number of rotatable bonds is 2. The predicted octanol–water partition coefficient (Wildman–Crippen LogP) is 0.649. The third kappa shape index (κ3) is 2.26. The molecule has 0 aromatic rings. The van der Waals surface area contributed by atoms with E-state index in [2.05, 4.69) is 20.7 Å². The van der Waals surface area contributed by atoms with Crippen LogP contribution in [0.15, 0.2) is 0 Å². The molecule has 0 aromatic heterocycles. The number of likely N-dealkylation sites (tertiary alicyclic amines) is 1. The second-order valence-corrected chi connectivity index (χ2v) is 4.10. The average molecular weight is 264 g/mol. The molecule has 0 bridgehead atoms. The average Bonchev–Trinajstić information content (AvgIpc) is 2.58. The van der Waals surface area contributed by atoms with Gasteiger partial charge in [-0.2, -0.15) is 0 Å². The van der Waals surface area contributed by atoms with Crippen LogP contribution in [0.1, 0.15) is 6.92 Å². The largest absolute Gasteiger partial charge is 0.469 e. The molecular weight excluding hydrogens is 250 g/mol. The van der Waals surface area contributed by atoms with Crippen LogP contribution in [0.4, 0.5) is 0 Å². The second kappa shape index (κ2) is 4.77. The zero-order valence-corrected chi connectivity index (χ0v) is 9.91. The lowest BCUT2D eigenvalue weighted by Crippen LogP contribution is -2.30.